The maximum atomic E-state index is 12.7. The van der Waals surface area contributed by atoms with E-state index >= 15 is 0 Å². The molecule has 0 radical (unpaired) electrons. The Bertz CT molecular complexity index is 742. The lowest BCUT2D eigenvalue weighted by molar-refractivity contribution is -0.125. The van der Waals surface area contributed by atoms with Gasteiger partial charge in [0.2, 0.25) is 5.91 Å². The monoisotopic (exact) mass is 353 g/mol. The minimum absolute atomic E-state index is 0.0169. The summed E-state index contributed by atoms with van der Waals surface area (Å²) in [6.45, 7) is 2.24. The number of amides is 1. The SMILES string of the molecule is O=C(NCc1n[nH]c2c1CCCCC2)[C@@H]1CCCN(c2ccccn2)C1. The average molecular weight is 353 g/mol. The lowest BCUT2D eigenvalue weighted by Crippen LogP contribution is -2.43. The van der Waals surface area contributed by atoms with Gasteiger partial charge in [0.15, 0.2) is 0 Å². The van der Waals surface area contributed by atoms with Crippen LogP contribution in [0, 0.1) is 5.92 Å². The predicted octanol–water partition coefficient (Wildman–Crippen LogP) is 2.61. The number of rotatable bonds is 4. The van der Waals surface area contributed by atoms with Gasteiger partial charge in [-0.2, -0.15) is 5.10 Å². The van der Waals surface area contributed by atoms with Gasteiger partial charge in [0.1, 0.15) is 5.82 Å². The Morgan fingerprint density at radius 1 is 1.23 bits per heavy atom. The number of anilines is 1. The molecule has 0 spiro atoms. The maximum Gasteiger partial charge on any atom is 0.225 e. The second kappa shape index (κ2) is 7.89. The van der Waals surface area contributed by atoms with Gasteiger partial charge < -0.3 is 10.2 Å². The average Bonchev–Trinajstić information content (AvgIpc) is 2.93. The van der Waals surface area contributed by atoms with Crippen molar-refractivity contribution in [1.29, 1.82) is 0 Å². The standard InChI is InChI=1S/C20H27N5O/c26-20(15-7-6-12-25(14-15)19-10-4-5-11-21-19)22-13-18-16-8-2-1-3-9-17(16)23-24-18/h4-5,10-11,15H,1-3,6-9,12-14H2,(H,22,26)(H,23,24)/t15-/m1/s1. The molecule has 1 aliphatic carbocycles. The zero-order valence-electron chi connectivity index (χ0n) is 15.2. The molecule has 2 aromatic rings. The van der Waals surface area contributed by atoms with Crippen molar-refractivity contribution in [1.82, 2.24) is 20.5 Å². The zero-order chi connectivity index (χ0) is 17.8. The smallest absolute Gasteiger partial charge is 0.225 e. The van der Waals surface area contributed by atoms with E-state index in [1.807, 2.05) is 24.4 Å². The summed E-state index contributed by atoms with van der Waals surface area (Å²) in [7, 11) is 0. The van der Waals surface area contributed by atoms with Crippen molar-refractivity contribution in [2.75, 3.05) is 18.0 Å². The molecule has 1 saturated heterocycles. The normalized spacial score (nSPS) is 20.3. The molecule has 2 aromatic heterocycles. The van der Waals surface area contributed by atoms with Crippen LogP contribution in [-0.4, -0.2) is 34.2 Å². The molecule has 0 saturated carbocycles. The first-order valence-corrected chi connectivity index (χ1v) is 9.80. The Hall–Kier alpha value is -2.37. The van der Waals surface area contributed by atoms with Crippen molar-refractivity contribution in [3.05, 3.63) is 41.3 Å². The molecule has 0 aromatic carbocycles. The topological polar surface area (TPSA) is 73.9 Å². The fourth-order valence-electron chi connectivity index (χ4n) is 4.13. The summed E-state index contributed by atoms with van der Waals surface area (Å²) in [5, 5.41) is 10.8. The largest absolute Gasteiger partial charge is 0.356 e. The van der Waals surface area contributed by atoms with Crippen molar-refractivity contribution in [2.45, 2.75) is 51.5 Å². The number of aromatic nitrogens is 3. The van der Waals surface area contributed by atoms with E-state index in [2.05, 4.69) is 25.4 Å². The number of pyridine rings is 1. The number of hydrogen-bond acceptors (Lipinski definition) is 4. The highest BCUT2D eigenvalue weighted by Crippen LogP contribution is 2.23. The Morgan fingerprint density at radius 2 is 2.15 bits per heavy atom. The molecule has 26 heavy (non-hydrogen) atoms. The molecule has 3 heterocycles. The van der Waals surface area contributed by atoms with Crippen molar-refractivity contribution >= 4 is 11.7 Å². The van der Waals surface area contributed by atoms with E-state index in [0.717, 1.165) is 50.3 Å². The third kappa shape index (κ3) is 3.74. The fraction of sp³-hybridized carbons (Fsp3) is 0.550. The van der Waals surface area contributed by atoms with Crippen molar-refractivity contribution in [3.63, 3.8) is 0 Å². The highest BCUT2D eigenvalue weighted by atomic mass is 16.1. The number of fused-ring (bicyclic) bond motifs is 1. The van der Waals surface area contributed by atoms with Crippen LogP contribution in [0.5, 0.6) is 0 Å². The summed E-state index contributed by atoms with van der Waals surface area (Å²) in [6, 6.07) is 5.93. The fourth-order valence-corrected chi connectivity index (χ4v) is 4.13. The molecule has 1 atom stereocenters. The van der Waals surface area contributed by atoms with E-state index in [0.29, 0.717) is 6.54 Å². The molecule has 6 nitrogen and oxygen atoms in total. The van der Waals surface area contributed by atoms with Crippen LogP contribution in [0.1, 0.15) is 49.1 Å². The maximum absolute atomic E-state index is 12.7. The van der Waals surface area contributed by atoms with Gasteiger partial charge in [-0.05, 0) is 56.2 Å². The number of carbonyl (C=O) groups excluding carboxylic acids is 1. The van der Waals surface area contributed by atoms with Gasteiger partial charge in [0, 0.05) is 25.0 Å². The number of hydrogen-bond donors (Lipinski definition) is 2. The van der Waals surface area contributed by atoms with Crippen LogP contribution in [0.2, 0.25) is 0 Å². The third-order valence-corrected chi connectivity index (χ3v) is 5.59. The number of piperidine rings is 1. The first-order chi connectivity index (χ1) is 12.8. The molecule has 1 amide bonds. The number of nitrogens with zero attached hydrogens (tertiary/aromatic N) is 3. The molecule has 2 N–H and O–H groups in total. The molecule has 2 aliphatic rings. The number of aryl methyl sites for hydroxylation is 1. The quantitative estimate of drug-likeness (QED) is 0.829. The first kappa shape index (κ1) is 17.1. The van der Waals surface area contributed by atoms with Crippen LogP contribution in [0.25, 0.3) is 0 Å². The number of carbonyl (C=O) groups is 1. The van der Waals surface area contributed by atoms with Gasteiger partial charge in [-0.3, -0.25) is 9.89 Å². The summed E-state index contributed by atoms with van der Waals surface area (Å²) in [5.41, 5.74) is 3.62. The lowest BCUT2D eigenvalue weighted by Gasteiger charge is -2.32. The van der Waals surface area contributed by atoms with Gasteiger partial charge in [-0.15, -0.1) is 0 Å². The van der Waals surface area contributed by atoms with E-state index in [1.54, 1.807) is 0 Å². The van der Waals surface area contributed by atoms with Gasteiger partial charge in [-0.25, -0.2) is 4.98 Å². The minimum Gasteiger partial charge on any atom is -0.356 e. The summed E-state index contributed by atoms with van der Waals surface area (Å²) in [6.07, 6.45) is 9.65. The van der Waals surface area contributed by atoms with Crippen LogP contribution in [0.3, 0.4) is 0 Å². The van der Waals surface area contributed by atoms with Gasteiger partial charge in [-0.1, -0.05) is 12.5 Å². The van der Waals surface area contributed by atoms with Gasteiger partial charge >= 0.3 is 0 Å². The van der Waals surface area contributed by atoms with E-state index in [-0.39, 0.29) is 11.8 Å². The highest BCUT2D eigenvalue weighted by Gasteiger charge is 2.26. The predicted molar refractivity (Wildman–Crippen MR) is 101 cm³/mol. The summed E-state index contributed by atoms with van der Waals surface area (Å²) in [4.78, 5) is 19.3. The molecule has 0 unspecified atom stereocenters. The van der Waals surface area contributed by atoms with Gasteiger partial charge in [0.05, 0.1) is 18.2 Å². The van der Waals surface area contributed by atoms with Crippen molar-refractivity contribution < 1.29 is 4.79 Å². The Kier molecular flexibility index (Phi) is 5.18. The molecular weight excluding hydrogens is 326 g/mol. The van der Waals surface area contributed by atoms with Crippen LogP contribution in [-0.2, 0) is 24.2 Å². The minimum atomic E-state index is 0.0169. The van der Waals surface area contributed by atoms with E-state index in [9.17, 15) is 4.79 Å². The van der Waals surface area contributed by atoms with Crippen LogP contribution < -0.4 is 10.2 Å². The van der Waals surface area contributed by atoms with Crippen LogP contribution in [0.15, 0.2) is 24.4 Å². The van der Waals surface area contributed by atoms with Crippen molar-refractivity contribution in [3.8, 4) is 0 Å². The number of H-pyrrole nitrogens is 1. The summed E-state index contributed by atoms with van der Waals surface area (Å²) < 4.78 is 0. The molecule has 4 rings (SSSR count). The number of nitrogens with one attached hydrogen (secondary N) is 2. The van der Waals surface area contributed by atoms with E-state index < -0.39 is 0 Å². The Balaban J connectivity index is 1.36. The second-order valence-electron chi connectivity index (χ2n) is 7.38. The molecule has 6 heteroatoms. The van der Waals surface area contributed by atoms with Gasteiger partial charge in [0.25, 0.3) is 0 Å². The number of aromatic amines is 1. The summed E-state index contributed by atoms with van der Waals surface area (Å²) in [5.74, 6) is 1.11. The molecule has 138 valence electrons. The van der Waals surface area contributed by atoms with E-state index in [4.69, 9.17) is 0 Å². The molecule has 1 fully saturated rings. The van der Waals surface area contributed by atoms with Crippen molar-refractivity contribution in [2.24, 2.45) is 5.92 Å². The Labute approximate surface area is 154 Å². The Morgan fingerprint density at radius 3 is 3.04 bits per heavy atom. The van der Waals surface area contributed by atoms with Crippen LogP contribution in [0.4, 0.5) is 5.82 Å². The lowest BCUT2D eigenvalue weighted by atomic mass is 9.97. The molecule has 1 aliphatic heterocycles. The molecule has 0 bridgehead atoms. The highest BCUT2D eigenvalue weighted by molar-refractivity contribution is 5.79. The van der Waals surface area contributed by atoms with E-state index in [1.165, 1.54) is 30.5 Å². The van der Waals surface area contributed by atoms with Crippen LogP contribution >= 0.6 is 0 Å². The molecular formula is C20H27N5O. The third-order valence-electron chi connectivity index (χ3n) is 5.59. The first-order valence-electron chi connectivity index (χ1n) is 9.80. The zero-order valence-corrected chi connectivity index (χ0v) is 15.2. The second-order valence-corrected chi connectivity index (χ2v) is 7.38. The summed E-state index contributed by atoms with van der Waals surface area (Å²) >= 11 is 0.